The van der Waals surface area contributed by atoms with Crippen LogP contribution < -0.4 is 0 Å². The fraction of sp³-hybridized carbons (Fsp3) is 0.667. The Bertz CT molecular complexity index is 390. The lowest BCUT2D eigenvalue weighted by Crippen LogP contribution is -2.51. The molecule has 1 heterocycles. The molecule has 0 amide bonds. The minimum Gasteiger partial charge on any atom is -0.387 e. The lowest BCUT2D eigenvalue weighted by Gasteiger charge is -2.44. The summed E-state index contributed by atoms with van der Waals surface area (Å²) in [7, 11) is 0. The monoisotopic (exact) mass is 275 g/mol. The molecule has 1 fully saturated rings. The molecule has 1 N–H and O–H groups in total. The van der Waals surface area contributed by atoms with E-state index in [2.05, 4.69) is 25.7 Å². The average Bonchev–Trinajstić information content (AvgIpc) is 2.48. The number of likely N-dealkylation sites (tertiary alicyclic amines) is 1. The van der Waals surface area contributed by atoms with Crippen molar-refractivity contribution in [3.8, 4) is 0 Å². The Kier molecular flexibility index (Phi) is 5.62. The van der Waals surface area contributed by atoms with Crippen LogP contribution in [0.25, 0.3) is 0 Å². The van der Waals surface area contributed by atoms with E-state index in [1.165, 1.54) is 25.7 Å². The summed E-state index contributed by atoms with van der Waals surface area (Å²) >= 11 is 0. The zero-order chi connectivity index (χ0) is 14.5. The molecular weight excluding hydrogens is 246 g/mol. The van der Waals surface area contributed by atoms with Crippen LogP contribution in [-0.2, 0) is 0 Å². The van der Waals surface area contributed by atoms with Gasteiger partial charge in [0.05, 0.1) is 6.10 Å². The molecule has 1 aliphatic rings. The molecule has 0 radical (unpaired) electrons. The molecule has 20 heavy (non-hydrogen) atoms. The Morgan fingerprint density at radius 3 is 2.50 bits per heavy atom. The van der Waals surface area contributed by atoms with E-state index in [-0.39, 0.29) is 12.1 Å². The van der Waals surface area contributed by atoms with E-state index in [0.717, 1.165) is 12.1 Å². The summed E-state index contributed by atoms with van der Waals surface area (Å²) in [5.74, 6) is 0.456. The molecule has 1 aromatic carbocycles. The maximum absolute atomic E-state index is 10.9. The van der Waals surface area contributed by atoms with Crippen molar-refractivity contribution in [3.05, 3.63) is 35.9 Å². The standard InChI is InChI=1S/C18H29NO/c1-4-16-12-8-9-13-19(16)17(14(2)3)18(20)15-10-6-5-7-11-15/h5-7,10-11,14,16-18,20H,4,8-9,12-13H2,1-3H3. The Labute approximate surface area is 123 Å². The Balaban J connectivity index is 2.21. The highest BCUT2D eigenvalue weighted by Crippen LogP contribution is 2.32. The lowest BCUT2D eigenvalue weighted by atomic mass is 9.87. The van der Waals surface area contributed by atoms with E-state index in [1.54, 1.807) is 0 Å². The first-order valence-electron chi connectivity index (χ1n) is 8.14. The predicted octanol–water partition coefficient (Wildman–Crippen LogP) is 4.01. The molecule has 2 nitrogen and oxygen atoms in total. The van der Waals surface area contributed by atoms with Crippen molar-refractivity contribution in [1.82, 2.24) is 4.90 Å². The topological polar surface area (TPSA) is 23.5 Å². The van der Waals surface area contributed by atoms with E-state index < -0.39 is 0 Å². The van der Waals surface area contributed by atoms with Crippen LogP contribution >= 0.6 is 0 Å². The lowest BCUT2D eigenvalue weighted by molar-refractivity contribution is -0.0169. The summed E-state index contributed by atoms with van der Waals surface area (Å²) in [6.07, 6.45) is 4.68. The van der Waals surface area contributed by atoms with Crippen molar-refractivity contribution in [1.29, 1.82) is 0 Å². The summed E-state index contributed by atoms with van der Waals surface area (Å²) in [5, 5.41) is 10.9. The van der Waals surface area contributed by atoms with Gasteiger partial charge in [0.25, 0.3) is 0 Å². The van der Waals surface area contributed by atoms with E-state index in [1.807, 2.05) is 30.3 Å². The van der Waals surface area contributed by atoms with Crippen molar-refractivity contribution in [3.63, 3.8) is 0 Å². The van der Waals surface area contributed by atoms with E-state index in [9.17, 15) is 5.11 Å². The van der Waals surface area contributed by atoms with Gasteiger partial charge in [-0.3, -0.25) is 4.90 Å². The van der Waals surface area contributed by atoms with Crippen LogP contribution in [0.1, 0.15) is 58.1 Å². The van der Waals surface area contributed by atoms with Crippen LogP contribution in [0.5, 0.6) is 0 Å². The van der Waals surface area contributed by atoms with Gasteiger partial charge in [0.1, 0.15) is 0 Å². The van der Waals surface area contributed by atoms with Crippen LogP contribution in [0.2, 0.25) is 0 Å². The number of aliphatic hydroxyl groups excluding tert-OH is 1. The second kappa shape index (κ2) is 7.24. The molecule has 0 aromatic heterocycles. The van der Waals surface area contributed by atoms with Gasteiger partial charge >= 0.3 is 0 Å². The van der Waals surface area contributed by atoms with E-state index >= 15 is 0 Å². The van der Waals surface area contributed by atoms with Crippen LogP contribution in [0.4, 0.5) is 0 Å². The number of rotatable bonds is 5. The van der Waals surface area contributed by atoms with E-state index in [4.69, 9.17) is 0 Å². The minimum absolute atomic E-state index is 0.225. The van der Waals surface area contributed by atoms with Crippen molar-refractivity contribution in [2.75, 3.05) is 6.54 Å². The summed E-state index contributed by atoms with van der Waals surface area (Å²) in [6, 6.07) is 11.0. The molecule has 1 aromatic rings. The molecule has 3 unspecified atom stereocenters. The average molecular weight is 275 g/mol. The number of piperidine rings is 1. The van der Waals surface area contributed by atoms with Gasteiger partial charge in [0.2, 0.25) is 0 Å². The quantitative estimate of drug-likeness (QED) is 0.877. The number of hydrogen-bond acceptors (Lipinski definition) is 2. The number of hydrogen-bond donors (Lipinski definition) is 1. The Morgan fingerprint density at radius 2 is 1.90 bits per heavy atom. The van der Waals surface area contributed by atoms with Crippen LogP contribution in [0, 0.1) is 5.92 Å². The molecule has 0 aliphatic carbocycles. The number of aliphatic hydroxyl groups is 1. The largest absolute Gasteiger partial charge is 0.387 e. The Morgan fingerprint density at radius 1 is 1.20 bits per heavy atom. The maximum atomic E-state index is 10.9. The van der Waals surface area contributed by atoms with Crippen molar-refractivity contribution >= 4 is 0 Å². The van der Waals surface area contributed by atoms with Gasteiger partial charge in [0, 0.05) is 12.1 Å². The minimum atomic E-state index is -0.386. The Hall–Kier alpha value is -0.860. The fourth-order valence-electron chi connectivity index (χ4n) is 3.63. The van der Waals surface area contributed by atoms with Gasteiger partial charge in [-0.2, -0.15) is 0 Å². The molecule has 0 bridgehead atoms. The second-order valence-corrected chi connectivity index (χ2v) is 6.39. The van der Waals surface area contributed by atoms with Crippen LogP contribution in [0.15, 0.2) is 30.3 Å². The number of benzene rings is 1. The highest BCUT2D eigenvalue weighted by molar-refractivity contribution is 5.19. The van der Waals surface area contributed by atoms with Crippen molar-refractivity contribution in [2.24, 2.45) is 5.92 Å². The van der Waals surface area contributed by atoms with Gasteiger partial charge in [0.15, 0.2) is 0 Å². The van der Waals surface area contributed by atoms with Crippen LogP contribution in [0.3, 0.4) is 0 Å². The predicted molar refractivity (Wildman–Crippen MR) is 84.7 cm³/mol. The smallest absolute Gasteiger partial charge is 0.0947 e. The zero-order valence-electron chi connectivity index (χ0n) is 13.1. The molecule has 0 saturated carbocycles. The summed E-state index contributed by atoms with van der Waals surface area (Å²) in [4.78, 5) is 2.58. The molecule has 2 heteroatoms. The third-order valence-corrected chi connectivity index (χ3v) is 4.67. The van der Waals surface area contributed by atoms with Crippen molar-refractivity contribution in [2.45, 2.75) is 64.6 Å². The van der Waals surface area contributed by atoms with Gasteiger partial charge in [-0.15, -0.1) is 0 Å². The summed E-state index contributed by atoms with van der Waals surface area (Å²) in [5.41, 5.74) is 1.05. The van der Waals surface area contributed by atoms with Gasteiger partial charge in [-0.1, -0.05) is 57.5 Å². The summed E-state index contributed by atoms with van der Waals surface area (Å²) < 4.78 is 0. The molecular formula is C18H29NO. The second-order valence-electron chi connectivity index (χ2n) is 6.39. The molecule has 112 valence electrons. The van der Waals surface area contributed by atoms with Gasteiger partial charge in [-0.25, -0.2) is 0 Å². The van der Waals surface area contributed by atoms with Crippen LogP contribution in [-0.4, -0.2) is 28.6 Å². The fourth-order valence-corrected chi connectivity index (χ4v) is 3.63. The van der Waals surface area contributed by atoms with Gasteiger partial charge < -0.3 is 5.11 Å². The highest BCUT2D eigenvalue weighted by atomic mass is 16.3. The normalized spacial score (nSPS) is 23.8. The first kappa shape index (κ1) is 15.5. The van der Waals surface area contributed by atoms with Crippen molar-refractivity contribution < 1.29 is 5.11 Å². The van der Waals surface area contributed by atoms with E-state index in [0.29, 0.717) is 12.0 Å². The third kappa shape index (κ3) is 3.42. The highest BCUT2D eigenvalue weighted by Gasteiger charge is 2.34. The number of nitrogens with zero attached hydrogens (tertiary/aromatic N) is 1. The SMILES string of the molecule is CCC1CCCCN1C(C(C)C)C(O)c1ccccc1. The maximum Gasteiger partial charge on any atom is 0.0947 e. The first-order valence-corrected chi connectivity index (χ1v) is 8.14. The third-order valence-electron chi connectivity index (χ3n) is 4.67. The molecule has 3 atom stereocenters. The molecule has 2 rings (SSSR count). The first-order chi connectivity index (χ1) is 9.65. The molecule has 1 saturated heterocycles. The molecule has 1 aliphatic heterocycles. The van der Waals surface area contributed by atoms with Gasteiger partial charge in [-0.05, 0) is 37.3 Å². The molecule has 0 spiro atoms. The zero-order valence-corrected chi connectivity index (χ0v) is 13.1. The summed E-state index contributed by atoms with van der Waals surface area (Å²) in [6.45, 7) is 7.87.